The molecule has 2 heterocycles. The molecule has 0 aliphatic carbocycles. The number of carbonyl (C=O) groups is 2. The van der Waals surface area contributed by atoms with Crippen LogP contribution in [0.15, 0.2) is 16.9 Å². The number of nitrogens with zero attached hydrogens (tertiary/aromatic N) is 2. The predicted octanol–water partition coefficient (Wildman–Crippen LogP) is 0.695. The summed E-state index contributed by atoms with van der Waals surface area (Å²) in [5.74, 6) is -0.627. The van der Waals surface area contributed by atoms with E-state index < -0.39 is 5.97 Å². The van der Waals surface area contributed by atoms with Crippen LogP contribution in [0.3, 0.4) is 0 Å². The summed E-state index contributed by atoms with van der Waals surface area (Å²) >= 11 is 3.18. The minimum absolute atomic E-state index is 0.114. The second-order valence-electron chi connectivity index (χ2n) is 3.98. The summed E-state index contributed by atoms with van der Waals surface area (Å²) in [5.41, 5.74) is 6.46. The van der Waals surface area contributed by atoms with Crippen LogP contribution in [0.4, 0.5) is 5.69 Å². The van der Waals surface area contributed by atoms with Gasteiger partial charge in [0.15, 0.2) is 0 Å². The number of rotatable bonds is 2. The Morgan fingerprint density at radius 1 is 1.67 bits per heavy atom. The van der Waals surface area contributed by atoms with Crippen LogP contribution in [0, 0.1) is 0 Å². The van der Waals surface area contributed by atoms with Crippen molar-refractivity contribution in [3.8, 4) is 0 Å². The number of halogens is 1. The van der Waals surface area contributed by atoms with Gasteiger partial charge in [-0.2, -0.15) is 0 Å². The summed E-state index contributed by atoms with van der Waals surface area (Å²) < 4.78 is 5.20. The van der Waals surface area contributed by atoms with Gasteiger partial charge in [-0.1, -0.05) is 0 Å². The number of nitrogens with two attached hydrogens (primary N) is 1. The van der Waals surface area contributed by atoms with E-state index in [1.165, 1.54) is 24.3 Å². The van der Waals surface area contributed by atoms with Crippen molar-refractivity contribution in [1.82, 2.24) is 4.98 Å². The summed E-state index contributed by atoms with van der Waals surface area (Å²) in [6, 6.07) is 1.31. The standard InChI is InChI=1S/C11H12BrN3O3/c1-18-11(17)7-3-9(12)14-4-8(7)15-5-6(13)2-10(15)16/h3-4,6H,2,5,13H2,1H3. The first-order chi connectivity index (χ1) is 8.52. The van der Waals surface area contributed by atoms with Crippen molar-refractivity contribution in [2.45, 2.75) is 12.5 Å². The molecule has 1 atom stereocenters. The second kappa shape index (κ2) is 5.03. The zero-order valence-corrected chi connectivity index (χ0v) is 11.3. The normalized spacial score (nSPS) is 19.2. The van der Waals surface area contributed by atoms with E-state index in [0.29, 0.717) is 22.4 Å². The topological polar surface area (TPSA) is 85.5 Å². The first kappa shape index (κ1) is 13.0. The molecule has 18 heavy (non-hydrogen) atoms. The van der Waals surface area contributed by atoms with E-state index in [-0.39, 0.29) is 18.4 Å². The average molecular weight is 314 g/mol. The number of methoxy groups -OCH3 is 1. The van der Waals surface area contributed by atoms with E-state index in [9.17, 15) is 9.59 Å². The van der Waals surface area contributed by atoms with E-state index >= 15 is 0 Å². The van der Waals surface area contributed by atoms with Gasteiger partial charge >= 0.3 is 5.97 Å². The maximum Gasteiger partial charge on any atom is 0.340 e. The molecule has 0 spiro atoms. The molecule has 1 amide bonds. The second-order valence-corrected chi connectivity index (χ2v) is 4.80. The molecule has 7 heteroatoms. The SMILES string of the molecule is COC(=O)c1cc(Br)ncc1N1CC(N)CC1=O. The number of esters is 1. The number of hydrogen-bond acceptors (Lipinski definition) is 5. The van der Waals surface area contributed by atoms with Crippen molar-refractivity contribution >= 4 is 33.5 Å². The monoisotopic (exact) mass is 313 g/mol. The highest BCUT2D eigenvalue weighted by Crippen LogP contribution is 2.26. The average Bonchev–Trinajstić information content (AvgIpc) is 2.67. The molecule has 0 saturated carbocycles. The summed E-state index contributed by atoms with van der Waals surface area (Å²) in [6.45, 7) is 0.381. The first-order valence-electron chi connectivity index (χ1n) is 5.32. The Morgan fingerprint density at radius 3 is 2.94 bits per heavy atom. The maximum atomic E-state index is 11.8. The summed E-state index contributed by atoms with van der Waals surface area (Å²) in [5, 5.41) is 0. The molecule has 6 nitrogen and oxygen atoms in total. The molecule has 0 bridgehead atoms. The van der Waals surface area contributed by atoms with Gasteiger partial charge in [-0.25, -0.2) is 9.78 Å². The van der Waals surface area contributed by atoms with Gasteiger partial charge in [-0.15, -0.1) is 0 Å². The number of ether oxygens (including phenoxy) is 1. The Kier molecular flexibility index (Phi) is 3.63. The largest absolute Gasteiger partial charge is 0.465 e. The minimum Gasteiger partial charge on any atom is -0.465 e. The Labute approximate surface area is 112 Å². The van der Waals surface area contributed by atoms with Crippen molar-refractivity contribution < 1.29 is 14.3 Å². The number of aromatic nitrogens is 1. The minimum atomic E-state index is -0.513. The Morgan fingerprint density at radius 2 is 2.39 bits per heavy atom. The van der Waals surface area contributed by atoms with Crippen LogP contribution < -0.4 is 10.6 Å². The van der Waals surface area contributed by atoms with E-state index in [0.717, 1.165) is 0 Å². The smallest absolute Gasteiger partial charge is 0.340 e. The van der Waals surface area contributed by atoms with Crippen molar-refractivity contribution in [3.05, 3.63) is 22.4 Å². The number of amides is 1. The zero-order chi connectivity index (χ0) is 13.3. The zero-order valence-electron chi connectivity index (χ0n) is 9.72. The highest BCUT2D eigenvalue weighted by Gasteiger charge is 2.31. The molecular weight excluding hydrogens is 302 g/mol. The molecule has 1 fully saturated rings. The van der Waals surface area contributed by atoms with Crippen LogP contribution in [0.5, 0.6) is 0 Å². The molecule has 96 valence electrons. The van der Waals surface area contributed by atoms with E-state index in [4.69, 9.17) is 10.5 Å². The Balaban J connectivity index is 2.44. The molecule has 1 aliphatic heterocycles. The lowest BCUT2D eigenvalue weighted by molar-refractivity contribution is -0.117. The molecule has 1 aromatic rings. The Hall–Kier alpha value is -1.47. The molecule has 0 radical (unpaired) electrons. The van der Waals surface area contributed by atoms with Gasteiger partial charge in [-0.05, 0) is 22.0 Å². The molecule has 1 aromatic heterocycles. The van der Waals surface area contributed by atoms with Crippen LogP contribution in [-0.4, -0.2) is 36.6 Å². The van der Waals surface area contributed by atoms with Gasteiger partial charge in [0.25, 0.3) is 0 Å². The van der Waals surface area contributed by atoms with Gasteiger partial charge in [0.1, 0.15) is 4.60 Å². The molecule has 1 unspecified atom stereocenters. The van der Waals surface area contributed by atoms with Gasteiger partial charge in [-0.3, -0.25) is 4.79 Å². The highest BCUT2D eigenvalue weighted by atomic mass is 79.9. The number of hydrogen-bond donors (Lipinski definition) is 1. The molecule has 2 N–H and O–H groups in total. The lowest BCUT2D eigenvalue weighted by Gasteiger charge is -2.18. The lowest BCUT2D eigenvalue weighted by Crippen LogP contribution is -2.29. The van der Waals surface area contributed by atoms with Gasteiger partial charge in [0.2, 0.25) is 5.91 Å². The fourth-order valence-electron chi connectivity index (χ4n) is 1.88. The Bertz CT molecular complexity index is 506. The fraction of sp³-hybridized carbons (Fsp3) is 0.364. The van der Waals surface area contributed by atoms with Crippen LogP contribution in [0.1, 0.15) is 16.8 Å². The van der Waals surface area contributed by atoms with Gasteiger partial charge < -0.3 is 15.4 Å². The van der Waals surface area contributed by atoms with Crippen molar-refractivity contribution in [2.75, 3.05) is 18.6 Å². The fourth-order valence-corrected chi connectivity index (χ4v) is 2.21. The van der Waals surface area contributed by atoms with Crippen LogP contribution in [0.2, 0.25) is 0 Å². The maximum absolute atomic E-state index is 11.8. The third-order valence-corrected chi connectivity index (χ3v) is 3.13. The van der Waals surface area contributed by atoms with Gasteiger partial charge in [0.05, 0.1) is 24.6 Å². The lowest BCUT2D eigenvalue weighted by atomic mass is 10.2. The molecule has 1 aliphatic rings. The molecule has 2 rings (SSSR count). The van der Waals surface area contributed by atoms with Crippen LogP contribution >= 0.6 is 15.9 Å². The van der Waals surface area contributed by atoms with Crippen LogP contribution in [0.25, 0.3) is 0 Å². The molecule has 1 saturated heterocycles. The summed E-state index contributed by atoms with van der Waals surface area (Å²) in [7, 11) is 1.29. The summed E-state index contributed by atoms with van der Waals surface area (Å²) in [4.78, 5) is 29.0. The quantitative estimate of drug-likeness (QED) is 0.641. The number of carbonyl (C=O) groups excluding carboxylic acids is 2. The number of anilines is 1. The van der Waals surface area contributed by atoms with Gasteiger partial charge in [0, 0.05) is 19.0 Å². The molecular formula is C11H12BrN3O3. The van der Waals surface area contributed by atoms with Crippen LogP contribution in [-0.2, 0) is 9.53 Å². The summed E-state index contributed by atoms with van der Waals surface area (Å²) in [6.07, 6.45) is 1.74. The van der Waals surface area contributed by atoms with E-state index in [1.54, 1.807) is 0 Å². The third kappa shape index (κ3) is 2.37. The van der Waals surface area contributed by atoms with E-state index in [1.807, 2.05) is 0 Å². The van der Waals surface area contributed by atoms with Crippen molar-refractivity contribution in [2.24, 2.45) is 5.73 Å². The highest BCUT2D eigenvalue weighted by molar-refractivity contribution is 9.10. The van der Waals surface area contributed by atoms with Crippen molar-refractivity contribution in [3.63, 3.8) is 0 Å². The first-order valence-corrected chi connectivity index (χ1v) is 6.12. The number of pyridine rings is 1. The molecule has 0 aromatic carbocycles. The van der Waals surface area contributed by atoms with Crippen molar-refractivity contribution in [1.29, 1.82) is 0 Å². The van der Waals surface area contributed by atoms with E-state index in [2.05, 4.69) is 20.9 Å². The predicted molar refractivity (Wildman–Crippen MR) is 68.2 cm³/mol. The third-order valence-electron chi connectivity index (χ3n) is 2.70.